The molecule has 0 fully saturated rings. The highest BCUT2D eigenvalue weighted by Gasteiger charge is 2.21. The number of carbonyl (C=O) groups is 1. The van der Waals surface area contributed by atoms with Crippen LogP contribution in [0.5, 0.6) is 0 Å². The number of esters is 1. The number of halogens is 1. The van der Waals surface area contributed by atoms with Crippen LogP contribution in [0.15, 0.2) is 59.1 Å². The summed E-state index contributed by atoms with van der Waals surface area (Å²) in [6.07, 6.45) is 0. The lowest BCUT2D eigenvalue weighted by Gasteiger charge is -2.02. The van der Waals surface area contributed by atoms with E-state index in [4.69, 9.17) is 4.74 Å². The zero-order valence-corrected chi connectivity index (χ0v) is 14.9. The second kappa shape index (κ2) is 7.06. The Balaban J connectivity index is 2.10. The molecule has 0 atom stereocenters. The Hall–Kier alpha value is -1.98. The third-order valence-electron chi connectivity index (χ3n) is 3.23. The number of aromatic nitrogens is 1. The Morgan fingerprint density at radius 2 is 1.78 bits per heavy atom. The fourth-order valence-corrected chi connectivity index (χ4v) is 3.41. The lowest BCUT2D eigenvalue weighted by atomic mass is 10.1. The molecule has 3 rings (SSSR count). The third kappa shape index (κ3) is 3.51. The highest BCUT2D eigenvalue weighted by Crippen LogP contribution is 2.34. The van der Waals surface area contributed by atoms with E-state index in [0.717, 1.165) is 20.6 Å². The molecule has 116 valence electrons. The number of thiazole rings is 1. The number of carbonyl (C=O) groups excluding carboxylic acids is 1. The summed E-state index contributed by atoms with van der Waals surface area (Å²) in [5.41, 5.74) is 2.56. The molecule has 5 heteroatoms. The van der Waals surface area contributed by atoms with Crippen LogP contribution >= 0.6 is 27.3 Å². The van der Waals surface area contributed by atoms with Gasteiger partial charge in [-0.25, -0.2) is 9.78 Å². The molecule has 23 heavy (non-hydrogen) atoms. The Labute approximate surface area is 147 Å². The Morgan fingerprint density at radius 1 is 1.09 bits per heavy atom. The average molecular weight is 388 g/mol. The Bertz CT molecular complexity index is 813. The Kier molecular flexibility index (Phi) is 4.88. The predicted molar refractivity (Wildman–Crippen MR) is 96.6 cm³/mol. The van der Waals surface area contributed by atoms with E-state index in [1.54, 1.807) is 6.92 Å². The third-order valence-corrected chi connectivity index (χ3v) is 4.84. The first kappa shape index (κ1) is 15.9. The van der Waals surface area contributed by atoms with Gasteiger partial charge in [0.2, 0.25) is 0 Å². The minimum Gasteiger partial charge on any atom is -0.462 e. The van der Waals surface area contributed by atoms with Crippen molar-refractivity contribution in [3.8, 4) is 21.8 Å². The highest BCUT2D eigenvalue weighted by molar-refractivity contribution is 9.10. The van der Waals surface area contributed by atoms with Crippen molar-refractivity contribution in [3.05, 3.63) is 63.9 Å². The van der Waals surface area contributed by atoms with Gasteiger partial charge in [0, 0.05) is 15.6 Å². The van der Waals surface area contributed by atoms with Crippen LogP contribution in [0.2, 0.25) is 0 Å². The van der Waals surface area contributed by atoms with Gasteiger partial charge >= 0.3 is 5.97 Å². The Morgan fingerprint density at radius 3 is 2.43 bits per heavy atom. The summed E-state index contributed by atoms with van der Waals surface area (Å²) in [5.74, 6) is -0.329. The number of hydrogen-bond acceptors (Lipinski definition) is 4. The maximum Gasteiger partial charge on any atom is 0.350 e. The van der Waals surface area contributed by atoms with Crippen molar-refractivity contribution >= 4 is 33.2 Å². The SMILES string of the molecule is CCOC(=O)c1sc(-c2ccccc2)nc1-c1ccc(Br)cc1. The molecular weight excluding hydrogens is 374 g/mol. The zero-order valence-electron chi connectivity index (χ0n) is 12.5. The van der Waals surface area contributed by atoms with E-state index in [2.05, 4.69) is 20.9 Å². The lowest BCUT2D eigenvalue weighted by Crippen LogP contribution is -2.03. The summed E-state index contributed by atoms with van der Waals surface area (Å²) in [6.45, 7) is 2.15. The average Bonchev–Trinajstić information content (AvgIpc) is 3.02. The molecule has 0 saturated carbocycles. The summed E-state index contributed by atoms with van der Waals surface area (Å²) >= 11 is 4.79. The van der Waals surface area contributed by atoms with Gasteiger partial charge in [-0.2, -0.15) is 0 Å². The van der Waals surface area contributed by atoms with Crippen LogP contribution in [0.1, 0.15) is 16.6 Å². The van der Waals surface area contributed by atoms with E-state index < -0.39 is 0 Å². The minimum atomic E-state index is -0.329. The van der Waals surface area contributed by atoms with Crippen molar-refractivity contribution in [2.24, 2.45) is 0 Å². The fourth-order valence-electron chi connectivity index (χ4n) is 2.16. The summed E-state index contributed by atoms with van der Waals surface area (Å²) < 4.78 is 6.17. The number of nitrogens with zero attached hydrogens (tertiary/aromatic N) is 1. The lowest BCUT2D eigenvalue weighted by molar-refractivity contribution is 0.0532. The standard InChI is InChI=1S/C18H14BrNO2S/c1-2-22-18(21)16-15(12-8-10-14(19)11-9-12)20-17(23-16)13-6-4-3-5-7-13/h3-11H,2H2,1H3. The van der Waals surface area contributed by atoms with Crippen LogP contribution < -0.4 is 0 Å². The molecule has 2 aromatic carbocycles. The fraction of sp³-hybridized carbons (Fsp3) is 0.111. The van der Waals surface area contributed by atoms with E-state index in [-0.39, 0.29) is 5.97 Å². The van der Waals surface area contributed by atoms with Gasteiger partial charge in [0.1, 0.15) is 9.88 Å². The quantitative estimate of drug-likeness (QED) is 0.561. The first-order valence-corrected chi connectivity index (χ1v) is 8.79. The molecule has 0 radical (unpaired) electrons. The van der Waals surface area contributed by atoms with Crippen LogP contribution in [0.4, 0.5) is 0 Å². The molecule has 0 unspecified atom stereocenters. The van der Waals surface area contributed by atoms with Gasteiger partial charge < -0.3 is 4.74 Å². The van der Waals surface area contributed by atoms with E-state index in [1.807, 2.05) is 54.6 Å². The monoisotopic (exact) mass is 387 g/mol. The van der Waals surface area contributed by atoms with Gasteiger partial charge in [-0.15, -0.1) is 11.3 Å². The molecule has 1 heterocycles. The van der Waals surface area contributed by atoms with Crippen molar-refractivity contribution in [3.63, 3.8) is 0 Å². The number of rotatable bonds is 4. The predicted octanol–water partition coefficient (Wildman–Crippen LogP) is 5.42. The largest absolute Gasteiger partial charge is 0.462 e. The van der Waals surface area contributed by atoms with E-state index in [0.29, 0.717) is 17.2 Å². The van der Waals surface area contributed by atoms with Crippen LogP contribution in [0.3, 0.4) is 0 Å². The molecular formula is C18H14BrNO2S. The van der Waals surface area contributed by atoms with Crippen LogP contribution in [-0.4, -0.2) is 17.6 Å². The first-order chi connectivity index (χ1) is 11.2. The van der Waals surface area contributed by atoms with Crippen molar-refractivity contribution in [2.75, 3.05) is 6.61 Å². The van der Waals surface area contributed by atoms with Gasteiger partial charge in [0.05, 0.1) is 12.3 Å². The second-order valence-corrected chi connectivity index (χ2v) is 6.70. The first-order valence-electron chi connectivity index (χ1n) is 7.18. The van der Waals surface area contributed by atoms with Crippen molar-refractivity contribution in [2.45, 2.75) is 6.92 Å². The number of hydrogen-bond donors (Lipinski definition) is 0. The minimum absolute atomic E-state index is 0.329. The van der Waals surface area contributed by atoms with Gasteiger partial charge in [-0.05, 0) is 19.1 Å². The van der Waals surface area contributed by atoms with Gasteiger partial charge in [0.25, 0.3) is 0 Å². The summed E-state index contributed by atoms with van der Waals surface area (Å²) in [7, 11) is 0. The highest BCUT2D eigenvalue weighted by atomic mass is 79.9. The topological polar surface area (TPSA) is 39.2 Å². The molecule has 0 aliphatic rings. The molecule has 3 aromatic rings. The van der Waals surface area contributed by atoms with Gasteiger partial charge in [0.15, 0.2) is 0 Å². The smallest absolute Gasteiger partial charge is 0.350 e. The maximum absolute atomic E-state index is 12.3. The molecule has 0 aliphatic heterocycles. The van der Waals surface area contributed by atoms with E-state index in [9.17, 15) is 4.79 Å². The molecule has 0 N–H and O–H groups in total. The second-order valence-electron chi connectivity index (χ2n) is 4.79. The number of ether oxygens (including phenoxy) is 1. The number of benzene rings is 2. The van der Waals surface area contributed by atoms with Gasteiger partial charge in [-0.1, -0.05) is 58.4 Å². The van der Waals surface area contributed by atoms with E-state index >= 15 is 0 Å². The summed E-state index contributed by atoms with van der Waals surface area (Å²) in [6, 6.07) is 17.6. The molecule has 0 saturated heterocycles. The normalized spacial score (nSPS) is 10.5. The van der Waals surface area contributed by atoms with Crippen LogP contribution in [0.25, 0.3) is 21.8 Å². The van der Waals surface area contributed by atoms with Crippen molar-refractivity contribution in [1.29, 1.82) is 0 Å². The van der Waals surface area contributed by atoms with Crippen LogP contribution in [0, 0.1) is 0 Å². The molecule has 0 spiro atoms. The molecule has 0 bridgehead atoms. The summed E-state index contributed by atoms with van der Waals surface area (Å²) in [5, 5.41) is 0.812. The molecule has 1 aromatic heterocycles. The van der Waals surface area contributed by atoms with Gasteiger partial charge in [-0.3, -0.25) is 0 Å². The molecule has 0 aliphatic carbocycles. The maximum atomic E-state index is 12.3. The van der Waals surface area contributed by atoms with Crippen molar-refractivity contribution in [1.82, 2.24) is 4.98 Å². The van der Waals surface area contributed by atoms with Crippen LogP contribution in [-0.2, 0) is 4.74 Å². The summed E-state index contributed by atoms with van der Waals surface area (Å²) in [4.78, 5) is 17.5. The molecule has 3 nitrogen and oxygen atoms in total. The van der Waals surface area contributed by atoms with E-state index in [1.165, 1.54) is 11.3 Å². The molecule has 0 amide bonds. The van der Waals surface area contributed by atoms with Crippen molar-refractivity contribution < 1.29 is 9.53 Å². The zero-order chi connectivity index (χ0) is 16.2.